The van der Waals surface area contributed by atoms with Crippen LogP contribution in [0.2, 0.25) is 0 Å². The van der Waals surface area contributed by atoms with Crippen molar-refractivity contribution in [2.75, 3.05) is 7.05 Å². The fourth-order valence-electron chi connectivity index (χ4n) is 1.53. The molecule has 1 aromatic heterocycles. The molecule has 0 saturated heterocycles. The van der Waals surface area contributed by atoms with Gasteiger partial charge in [0, 0.05) is 23.9 Å². The number of hydrogen-bond donors (Lipinski definition) is 1. The van der Waals surface area contributed by atoms with Crippen LogP contribution in [0.3, 0.4) is 0 Å². The normalized spacial score (nSPS) is 12.0. The molecule has 0 atom stereocenters. The van der Waals surface area contributed by atoms with E-state index in [2.05, 4.69) is 25.9 Å². The number of aromatic nitrogens is 2. The van der Waals surface area contributed by atoms with Crippen molar-refractivity contribution < 1.29 is 12.8 Å². The van der Waals surface area contributed by atoms with Crippen LogP contribution < -0.4 is 0 Å². The SMILES string of the molecule is CN(Cc1ncc[nH]1)S(=O)(=O)c1ccc(Br)cc1F. The number of benzene rings is 1. The van der Waals surface area contributed by atoms with Crippen LogP contribution in [0.5, 0.6) is 0 Å². The number of halogens is 2. The average molecular weight is 348 g/mol. The first-order chi connectivity index (χ1) is 8.91. The summed E-state index contributed by atoms with van der Waals surface area (Å²) in [5.74, 6) is -0.302. The number of aromatic amines is 1. The molecule has 0 aliphatic rings. The van der Waals surface area contributed by atoms with Gasteiger partial charge in [0.05, 0.1) is 6.54 Å². The van der Waals surface area contributed by atoms with E-state index >= 15 is 0 Å². The van der Waals surface area contributed by atoms with Crippen LogP contribution in [0.25, 0.3) is 0 Å². The van der Waals surface area contributed by atoms with Gasteiger partial charge in [0.1, 0.15) is 16.5 Å². The van der Waals surface area contributed by atoms with Gasteiger partial charge in [-0.25, -0.2) is 17.8 Å². The topological polar surface area (TPSA) is 66.1 Å². The van der Waals surface area contributed by atoms with Crippen LogP contribution in [0.1, 0.15) is 5.82 Å². The monoisotopic (exact) mass is 347 g/mol. The summed E-state index contributed by atoms with van der Waals surface area (Å²) in [6, 6.07) is 3.83. The van der Waals surface area contributed by atoms with Gasteiger partial charge in [-0.3, -0.25) is 0 Å². The Morgan fingerprint density at radius 1 is 1.47 bits per heavy atom. The molecule has 1 N–H and O–H groups in total. The molecule has 0 spiro atoms. The lowest BCUT2D eigenvalue weighted by atomic mass is 10.3. The zero-order valence-corrected chi connectivity index (χ0v) is 12.4. The number of rotatable bonds is 4. The Morgan fingerprint density at radius 2 is 2.21 bits per heavy atom. The lowest BCUT2D eigenvalue weighted by Gasteiger charge is -2.16. The first-order valence-electron chi connectivity index (χ1n) is 5.31. The van der Waals surface area contributed by atoms with Crippen molar-refractivity contribution in [3.63, 3.8) is 0 Å². The first kappa shape index (κ1) is 14.2. The summed E-state index contributed by atoms with van der Waals surface area (Å²) in [5.41, 5.74) is 0. The maximum atomic E-state index is 13.7. The molecule has 0 fully saturated rings. The smallest absolute Gasteiger partial charge is 0.246 e. The molecule has 5 nitrogen and oxygen atoms in total. The third-order valence-electron chi connectivity index (χ3n) is 2.51. The second-order valence-electron chi connectivity index (χ2n) is 3.87. The molecule has 0 radical (unpaired) electrons. The predicted octanol–water partition coefficient (Wildman–Crippen LogP) is 2.13. The van der Waals surface area contributed by atoms with Crippen molar-refractivity contribution in [1.82, 2.24) is 14.3 Å². The van der Waals surface area contributed by atoms with Gasteiger partial charge in [-0.05, 0) is 18.2 Å². The Morgan fingerprint density at radius 3 is 2.79 bits per heavy atom. The van der Waals surface area contributed by atoms with Crippen LogP contribution >= 0.6 is 15.9 Å². The highest BCUT2D eigenvalue weighted by Crippen LogP contribution is 2.22. The number of nitrogens with one attached hydrogen (secondary N) is 1. The highest BCUT2D eigenvalue weighted by Gasteiger charge is 2.25. The summed E-state index contributed by atoms with van der Waals surface area (Å²) >= 11 is 3.09. The van der Waals surface area contributed by atoms with Crippen LogP contribution in [-0.2, 0) is 16.6 Å². The largest absolute Gasteiger partial charge is 0.347 e. The summed E-state index contributed by atoms with van der Waals surface area (Å²) in [7, 11) is -2.51. The van der Waals surface area contributed by atoms with E-state index in [1.165, 1.54) is 25.4 Å². The Labute approximate surface area is 118 Å². The van der Waals surface area contributed by atoms with Crippen molar-refractivity contribution >= 4 is 26.0 Å². The highest BCUT2D eigenvalue weighted by atomic mass is 79.9. The third kappa shape index (κ3) is 3.02. The zero-order chi connectivity index (χ0) is 14.0. The second-order valence-corrected chi connectivity index (χ2v) is 6.80. The Balaban J connectivity index is 2.31. The van der Waals surface area contributed by atoms with Crippen LogP contribution in [0, 0.1) is 5.82 Å². The number of hydrogen-bond acceptors (Lipinski definition) is 3. The van der Waals surface area contributed by atoms with E-state index in [9.17, 15) is 12.8 Å². The molecule has 0 saturated carbocycles. The molecule has 0 amide bonds. The third-order valence-corrected chi connectivity index (χ3v) is 4.84. The maximum Gasteiger partial charge on any atom is 0.246 e. The van der Waals surface area contributed by atoms with Gasteiger partial charge in [0.25, 0.3) is 0 Å². The zero-order valence-electron chi connectivity index (χ0n) is 9.97. The molecule has 0 aliphatic heterocycles. The van der Waals surface area contributed by atoms with E-state index in [-0.39, 0.29) is 11.4 Å². The van der Waals surface area contributed by atoms with E-state index in [0.717, 1.165) is 10.4 Å². The van der Waals surface area contributed by atoms with Gasteiger partial charge in [-0.2, -0.15) is 4.31 Å². The summed E-state index contributed by atoms with van der Waals surface area (Å²) in [5, 5.41) is 0. The number of sulfonamides is 1. The fraction of sp³-hybridized carbons (Fsp3) is 0.182. The second kappa shape index (κ2) is 5.40. The standard InChI is InChI=1S/C11H11BrFN3O2S/c1-16(7-11-14-4-5-15-11)19(17,18)10-3-2-8(12)6-9(10)13/h2-6H,7H2,1H3,(H,14,15). The molecule has 19 heavy (non-hydrogen) atoms. The van der Waals surface area contributed by atoms with Gasteiger partial charge in [-0.15, -0.1) is 0 Å². The maximum absolute atomic E-state index is 13.7. The molecule has 0 aliphatic carbocycles. The van der Waals surface area contributed by atoms with Crippen molar-refractivity contribution in [2.24, 2.45) is 0 Å². The molecule has 1 heterocycles. The highest BCUT2D eigenvalue weighted by molar-refractivity contribution is 9.10. The lowest BCUT2D eigenvalue weighted by Crippen LogP contribution is -2.27. The minimum atomic E-state index is -3.88. The van der Waals surface area contributed by atoms with Crippen molar-refractivity contribution in [3.8, 4) is 0 Å². The van der Waals surface area contributed by atoms with E-state index in [0.29, 0.717) is 10.3 Å². The Bertz CT molecular complexity index is 673. The quantitative estimate of drug-likeness (QED) is 0.921. The minimum absolute atomic E-state index is 0.0465. The fourth-order valence-corrected chi connectivity index (χ4v) is 3.04. The summed E-state index contributed by atoms with van der Waals surface area (Å²) in [6.07, 6.45) is 3.12. The summed E-state index contributed by atoms with van der Waals surface area (Å²) in [4.78, 5) is 6.38. The van der Waals surface area contributed by atoms with E-state index in [1.807, 2.05) is 0 Å². The number of H-pyrrole nitrogens is 1. The van der Waals surface area contributed by atoms with Crippen molar-refractivity contribution in [2.45, 2.75) is 11.4 Å². The minimum Gasteiger partial charge on any atom is -0.347 e. The van der Waals surface area contributed by atoms with Crippen LogP contribution in [0.4, 0.5) is 4.39 Å². The number of imidazole rings is 1. The average Bonchev–Trinajstić information content (AvgIpc) is 2.81. The number of nitrogens with zero attached hydrogens (tertiary/aromatic N) is 2. The van der Waals surface area contributed by atoms with Crippen LogP contribution in [-0.4, -0.2) is 29.7 Å². The van der Waals surface area contributed by atoms with Crippen LogP contribution in [0.15, 0.2) is 40.0 Å². The molecule has 1 aromatic carbocycles. The van der Waals surface area contributed by atoms with E-state index in [1.54, 1.807) is 6.20 Å². The van der Waals surface area contributed by atoms with Gasteiger partial charge in [0.2, 0.25) is 10.0 Å². The predicted molar refractivity (Wildman–Crippen MR) is 71.3 cm³/mol. The Hall–Kier alpha value is -1.25. The molecule has 2 rings (SSSR count). The van der Waals surface area contributed by atoms with Crippen molar-refractivity contribution in [3.05, 3.63) is 46.7 Å². The van der Waals surface area contributed by atoms with Gasteiger partial charge in [-0.1, -0.05) is 15.9 Å². The van der Waals surface area contributed by atoms with Gasteiger partial charge < -0.3 is 4.98 Å². The van der Waals surface area contributed by atoms with Gasteiger partial charge in [0.15, 0.2) is 0 Å². The van der Waals surface area contributed by atoms with Crippen molar-refractivity contribution in [1.29, 1.82) is 0 Å². The molecule has 102 valence electrons. The Kier molecular flexibility index (Phi) is 4.02. The first-order valence-corrected chi connectivity index (χ1v) is 7.54. The molecule has 8 heteroatoms. The molecule has 0 unspecified atom stereocenters. The summed E-state index contributed by atoms with van der Waals surface area (Å²) < 4.78 is 39.7. The molecular formula is C11H11BrFN3O2S. The molecule has 2 aromatic rings. The van der Waals surface area contributed by atoms with E-state index < -0.39 is 15.8 Å². The van der Waals surface area contributed by atoms with Gasteiger partial charge >= 0.3 is 0 Å². The van der Waals surface area contributed by atoms with E-state index in [4.69, 9.17) is 0 Å². The molecular weight excluding hydrogens is 337 g/mol. The summed E-state index contributed by atoms with van der Waals surface area (Å²) in [6.45, 7) is 0.0465. The lowest BCUT2D eigenvalue weighted by molar-refractivity contribution is 0.452. The molecule has 0 bridgehead atoms.